The first-order valence-corrected chi connectivity index (χ1v) is 11.0. The van der Waals surface area contributed by atoms with Gasteiger partial charge in [-0.05, 0) is 49.3 Å². The third kappa shape index (κ3) is 3.25. The molecule has 0 saturated heterocycles. The van der Waals surface area contributed by atoms with Gasteiger partial charge in [0.05, 0.1) is 12.7 Å². The van der Waals surface area contributed by atoms with Crippen LogP contribution in [0.25, 0.3) is 0 Å². The number of anilines is 1. The quantitative estimate of drug-likeness (QED) is 0.706. The summed E-state index contributed by atoms with van der Waals surface area (Å²) in [5, 5.41) is 10.1. The van der Waals surface area contributed by atoms with Crippen LogP contribution in [0.4, 0.5) is 5.69 Å². The normalized spacial score (nSPS) is 30.8. The molecule has 2 aromatic rings. The van der Waals surface area contributed by atoms with E-state index in [1.54, 1.807) is 7.11 Å². The molecule has 4 atom stereocenters. The molecule has 4 aliphatic rings. The topological polar surface area (TPSA) is 79.5 Å². The van der Waals surface area contributed by atoms with Gasteiger partial charge >= 0.3 is 0 Å². The maximum atomic E-state index is 13.2. The van der Waals surface area contributed by atoms with E-state index in [9.17, 15) is 9.59 Å². The predicted octanol–water partition coefficient (Wildman–Crippen LogP) is 3.69. The molecule has 6 nitrogen and oxygen atoms in total. The zero-order valence-corrected chi connectivity index (χ0v) is 18.0. The zero-order chi connectivity index (χ0) is 21.6. The van der Waals surface area contributed by atoms with Crippen molar-refractivity contribution >= 4 is 17.5 Å². The van der Waals surface area contributed by atoms with Crippen molar-refractivity contribution in [3.63, 3.8) is 0 Å². The van der Waals surface area contributed by atoms with Gasteiger partial charge in [-0.25, -0.2) is 0 Å². The second kappa shape index (κ2) is 7.29. The Kier molecular flexibility index (Phi) is 4.68. The van der Waals surface area contributed by atoms with E-state index in [1.165, 1.54) is 0 Å². The van der Waals surface area contributed by atoms with E-state index < -0.39 is 5.66 Å². The van der Waals surface area contributed by atoms with Gasteiger partial charge < -0.3 is 20.7 Å². The van der Waals surface area contributed by atoms with Crippen LogP contribution in [0.5, 0.6) is 5.75 Å². The third-order valence-electron chi connectivity index (χ3n) is 7.63. The number of methoxy groups -OCH3 is 1. The van der Waals surface area contributed by atoms with Crippen LogP contribution in [-0.4, -0.2) is 24.6 Å². The molecule has 0 radical (unpaired) electrons. The lowest BCUT2D eigenvalue weighted by Crippen LogP contribution is -2.70. The number of rotatable bonds is 4. The summed E-state index contributed by atoms with van der Waals surface area (Å²) in [5.41, 5.74) is 1.90. The molecule has 6 heteroatoms. The summed E-state index contributed by atoms with van der Waals surface area (Å²) >= 11 is 0. The van der Waals surface area contributed by atoms with Crippen molar-refractivity contribution in [2.24, 2.45) is 17.3 Å². The number of hydrogen-bond acceptors (Lipinski definition) is 4. The highest BCUT2D eigenvalue weighted by Crippen LogP contribution is 2.58. The van der Waals surface area contributed by atoms with Crippen molar-refractivity contribution in [3.05, 3.63) is 59.7 Å². The summed E-state index contributed by atoms with van der Waals surface area (Å²) in [4.78, 5) is 26.1. The van der Waals surface area contributed by atoms with Crippen LogP contribution in [0.1, 0.15) is 48.5 Å². The molecule has 0 aromatic heterocycles. The molecule has 31 heavy (non-hydrogen) atoms. The third-order valence-corrected chi connectivity index (χ3v) is 7.63. The summed E-state index contributed by atoms with van der Waals surface area (Å²) in [6.45, 7) is 2.65. The minimum atomic E-state index is -0.474. The van der Waals surface area contributed by atoms with E-state index in [4.69, 9.17) is 4.74 Å². The van der Waals surface area contributed by atoms with Crippen molar-refractivity contribution in [2.75, 3.05) is 12.4 Å². The number of hydrogen-bond donors (Lipinski definition) is 3. The highest BCUT2D eigenvalue weighted by Gasteiger charge is 2.60. The van der Waals surface area contributed by atoms with E-state index in [0.29, 0.717) is 12.1 Å². The van der Waals surface area contributed by atoms with E-state index >= 15 is 0 Å². The van der Waals surface area contributed by atoms with Crippen LogP contribution in [-0.2, 0) is 11.3 Å². The van der Waals surface area contributed by atoms with Crippen LogP contribution >= 0.6 is 0 Å². The molecule has 162 valence electrons. The van der Waals surface area contributed by atoms with Crippen LogP contribution in [0.15, 0.2) is 48.5 Å². The number of fused-ring (bicyclic) bond motifs is 3. The Labute approximate surface area is 182 Å². The molecule has 3 fully saturated rings. The average molecular weight is 420 g/mol. The molecule has 1 spiro atoms. The lowest BCUT2D eigenvalue weighted by molar-refractivity contribution is -0.139. The molecule has 3 N–H and O–H groups in total. The smallest absolute Gasteiger partial charge is 0.255 e. The Hall–Kier alpha value is -3.02. The Balaban J connectivity index is 1.34. The Morgan fingerprint density at radius 1 is 1.16 bits per heavy atom. The van der Waals surface area contributed by atoms with E-state index in [0.717, 1.165) is 42.7 Å². The largest absolute Gasteiger partial charge is 0.496 e. The van der Waals surface area contributed by atoms with Crippen molar-refractivity contribution in [1.29, 1.82) is 0 Å². The number of nitrogens with one attached hydrogen (secondary N) is 3. The fourth-order valence-electron chi connectivity index (χ4n) is 6.01. The van der Waals surface area contributed by atoms with Crippen molar-refractivity contribution in [2.45, 2.75) is 44.8 Å². The fraction of sp³-hybridized carbons (Fsp3) is 0.440. The molecule has 2 aromatic carbocycles. The number of para-hydroxylation sites is 2. The van der Waals surface area contributed by atoms with Gasteiger partial charge in [0.15, 0.2) is 0 Å². The number of carbonyl (C=O) groups is 2. The Morgan fingerprint density at radius 2 is 1.94 bits per heavy atom. The first kappa shape index (κ1) is 19.9. The Bertz CT molecular complexity index is 1040. The van der Waals surface area contributed by atoms with Crippen LogP contribution in [0.2, 0.25) is 0 Å². The maximum Gasteiger partial charge on any atom is 0.255 e. The van der Waals surface area contributed by atoms with E-state index in [2.05, 4.69) is 22.9 Å². The summed E-state index contributed by atoms with van der Waals surface area (Å²) in [6, 6.07) is 15.4. The molecule has 6 rings (SSSR count). The van der Waals surface area contributed by atoms with Gasteiger partial charge in [0.2, 0.25) is 5.91 Å². The predicted molar refractivity (Wildman–Crippen MR) is 119 cm³/mol. The number of ether oxygens (including phenoxy) is 1. The summed E-state index contributed by atoms with van der Waals surface area (Å²) in [7, 11) is 1.64. The lowest BCUT2D eigenvalue weighted by atomic mass is 9.51. The Morgan fingerprint density at radius 3 is 2.74 bits per heavy atom. The second-order valence-corrected chi connectivity index (χ2v) is 9.48. The molecular weight excluding hydrogens is 390 g/mol. The molecule has 1 aliphatic heterocycles. The van der Waals surface area contributed by atoms with Crippen molar-refractivity contribution < 1.29 is 14.3 Å². The monoisotopic (exact) mass is 419 g/mol. The SMILES string of the molecule is COc1ccccc1CNC(=O)[C@H]1C[C@H]2CC[C@]1(C)C[C@]21NC(=O)c2ccccc2N1. The minimum absolute atomic E-state index is 0.0253. The minimum Gasteiger partial charge on any atom is -0.496 e. The van der Waals surface area contributed by atoms with Gasteiger partial charge in [0.1, 0.15) is 11.4 Å². The molecule has 3 aliphatic carbocycles. The van der Waals surface area contributed by atoms with Crippen LogP contribution < -0.4 is 20.7 Å². The molecular formula is C25H29N3O3. The molecule has 2 amide bonds. The molecule has 0 unspecified atom stereocenters. The lowest BCUT2D eigenvalue weighted by Gasteiger charge is -2.60. The van der Waals surface area contributed by atoms with Gasteiger partial charge in [-0.15, -0.1) is 0 Å². The average Bonchev–Trinajstić information content (AvgIpc) is 2.77. The van der Waals surface area contributed by atoms with Crippen molar-refractivity contribution in [3.8, 4) is 5.75 Å². The van der Waals surface area contributed by atoms with Gasteiger partial charge in [0.25, 0.3) is 5.91 Å². The molecule has 2 bridgehead atoms. The highest BCUT2D eigenvalue weighted by atomic mass is 16.5. The standard InChI is InChI=1S/C25H29N3O3/c1-24-12-11-17(25(15-24)27-20-9-5-4-8-18(20)22(29)28-25)13-19(24)23(30)26-14-16-7-3-6-10-21(16)31-2/h3-10,17,19,27H,11-15H2,1-2H3,(H,26,30)(H,28,29)/t17-,19-,24-,25+/m1/s1. The van der Waals surface area contributed by atoms with Gasteiger partial charge in [0, 0.05) is 29.6 Å². The molecule has 1 heterocycles. The summed E-state index contributed by atoms with van der Waals surface area (Å²) in [5.74, 6) is 1.00. The summed E-state index contributed by atoms with van der Waals surface area (Å²) in [6.07, 6.45) is 3.51. The first-order chi connectivity index (χ1) is 14.9. The summed E-state index contributed by atoms with van der Waals surface area (Å²) < 4.78 is 5.41. The fourth-order valence-corrected chi connectivity index (χ4v) is 6.01. The van der Waals surface area contributed by atoms with E-state index in [-0.39, 0.29) is 29.1 Å². The molecule has 3 saturated carbocycles. The number of benzene rings is 2. The van der Waals surface area contributed by atoms with Crippen molar-refractivity contribution in [1.82, 2.24) is 10.6 Å². The highest BCUT2D eigenvalue weighted by molar-refractivity contribution is 6.02. The first-order valence-electron chi connectivity index (χ1n) is 11.0. The maximum absolute atomic E-state index is 13.2. The number of carbonyl (C=O) groups excluding carboxylic acids is 2. The number of amides is 2. The van der Waals surface area contributed by atoms with E-state index in [1.807, 2.05) is 48.5 Å². The van der Waals surface area contributed by atoms with Gasteiger partial charge in [-0.1, -0.05) is 37.3 Å². The zero-order valence-electron chi connectivity index (χ0n) is 18.0. The van der Waals surface area contributed by atoms with Gasteiger partial charge in [-0.2, -0.15) is 0 Å². The van der Waals surface area contributed by atoms with Gasteiger partial charge in [-0.3, -0.25) is 9.59 Å². The second-order valence-electron chi connectivity index (χ2n) is 9.48. The van der Waals surface area contributed by atoms with Crippen LogP contribution in [0.3, 0.4) is 0 Å². The van der Waals surface area contributed by atoms with Crippen LogP contribution in [0, 0.1) is 17.3 Å².